The highest BCUT2D eigenvalue weighted by Crippen LogP contribution is 2.29. The summed E-state index contributed by atoms with van der Waals surface area (Å²) >= 11 is 0. The molecule has 1 saturated carbocycles. The molecule has 12 heavy (non-hydrogen) atoms. The number of carbonyl (C=O) groups is 1. The van der Waals surface area contributed by atoms with Crippen LogP contribution >= 0.6 is 0 Å². The molecule has 0 spiro atoms. The highest BCUT2D eigenvalue weighted by Gasteiger charge is 2.27. The first-order valence-electron chi connectivity index (χ1n) is 4.49. The lowest BCUT2D eigenvalue weighted by Gasteiger charge is -2.24. The summed E-state index contributed by atoms with van der Waals surface area (Å²) in [5, 5.41) is 15.8. The fourth-order valence-corrected chi connectivity index (χ4v) is 1.90. The maximum Gasteiger partial charge on any atom is 0.312 e. The molecular weight excluding hydrogens is 154 g/mol. The van der Waals surface area contributed by atoms with E-state index in [1.54, 1.807) is 0 Å². The van der Waals surface area contributed by atoms with Crippen LogP contribution in [-0.2, 0) is 4.79 Å². The van der Waals surface area contributed by atoms with Crippen molar-refractivity contribution in [2.24, 2.45) is 11.8 Å². The molecule has 0 aromatic carbocycles. The van der Waals surface area contributed by atoms with Crippen molar-refractivity contribution in [3.63, 3.8) is 0 Å². The molecule has 0 aliphatic heterocycles. The summed E-state index contributed by atoms with van der Waals surface area (Å²) in [7, 11) is 0. The molecule has 3 nitrogen and oxygen atoms in total. The molecule has 1 rings (SSSR count). The van der Waals surface area contributed by atoms with Gasteiger partial charge in [0, 0.05) is 6.21 Å². The Hall–Kier alpha value is -0.860. The monoisotopic (exact) mass is 169 g/mol. The Morgan fingerprint density at radius 1 is 1.42 bits per heavy atom. The maximum absolute atomic E-state index is 10.7. The van der Waals surface area contributed by atoms with Crippen LogP contribution < -0.4 is 0 Å². The number of carboxylic acids is 1. The second kappa shape index (κ2) is 4.24. The third-order valence-corrected chi connectivity index (χ3v) is 2.62. The van der Waals surface area contributed by atoms with Gasteiger partial charge in [-0.25, -0.2) is 0 Å². The smallest absolute Gasteiger partial charge is 0.312 e. The van der Waals surface area contributed by atoms with Crippen molar-refractivity contribution in [1.29, 1.82) is 5.41 Å². The molecule has 1 aliphatic carbocycles. The highest BCUT2D eigenvalue weighted by atomic mass is 16.4. The van der Waals surface area contributed by atoms with Crippen LogP contribution in [0.3, 0.4) is 0 Å². The summed E-state index contributed by atoms with van der Waals surface area (Å²) < 4.78 is 0. The van der Waals surface area contributed by atoms with Crippen molar-refractivity contribution < 1.29 is 9.90 Å². The SMILES string of the molecule is N=CC(C(=O)O)C1CCCCC1. The Morgan fingerprint density at radius 2 is 2.00 bits per heavy atom. The molecular formula is C9H15NO2. The molecule has 68 valence electrons. The van der Waals surface area contributed by atoms with E-state index in [1.807, 2.05) is 0 Å². The lowest BCUT2D eigenvalue weighted by molar-refractivity contribution is -0.141. The van der Waals surface area contributed by atoms with Gasteiger partial charge in [0.05, 0.1) is 5.92 Å². The average Bonchev–Trinajstić information content (AvgIpc) is 2.07. The minimum atomic E-state index is -0.836. The zero-order valence-electron chi connectivity index (χ0n) is 7.12. The second-order valence-electron chi connectivity index (χ2n) is 3.43. The second-order valence-corrected chi connectivity index (χ2v) is 3.43. The Kier molecular flexibility index (Phi) is 3.26. The van der Waals surface area contributed by atoms with E-state index >= 15 is 0 Å². The predicted molar refractivity (Wildman–Crippen MR) is 46.5 cm³/mol. The highest BCUT2D eigenvalue weighted by molar-refractivity contribution is 5.87. The molecule has 0 radical (unpaired) electrons. The van der Waals surface area contributed by atoms with Gasteiger partial charge < -0.3 is 10.5 Å². The number of aliphatic carboxylic acids is 1. The molecule has 1 fully saturated rings. The maximum atomic E-state index is 10.7. The van der Waals surface area contributed by atoms with Crippen LogP contribution in [0.25, 0.3) is 0 Å². The molecule has 0 bridgehead atoms. The molecule has 1 unspecified atom stereocenters. The van der Waals surface area contributed by atoms with Crippen LogP contribution in [0, 0.1) is 17.2 Å². The van der Waals surface area contributed by atoms with Crippen LogP contribution in [0.4, 0.5) is 0 Å². The number of carboxylic acid groups (broad SMARTS) is 1. The first-order chi connectivity index (χ1) is 5.75. The Balaban J connectivity index is 2.51. The molecule has 1 atom stereocenters. The van der Waals surface area contributed by atoms with E-state index in [0.717, 1.165) is 31.9 Å². The molecule has 0 aromatic heterocycles. The van der Waals surface area contributed by atoms with Crippen molar-refractivity contribution in [2.45, 2.75) is 32.1 Å². The van der Waals surface area contributed by atoms with E-state index < -0.39 is 11.9 Å². The van der Waals surface area contributed by atoms with E-state index in [-0.39, 0.29) is 5.92 Å². The van der Waals surface area contributed by atoms with Gasteiger partial charge in [0.1, 0.15) is 0 Å². The summed E-state index contributed by atoms with van der Waals surface area (Å²) in [5.74, 6) is -1.16. The fraction of sp³-hybridized carbons (Fsp3) is 0.778. The van der Waals surface area contributed by atoms with Crippen molar-refractivity contribution in [3.8, 4) is 0 Å². The topological polar surface area (TPSA) is 61.2 Å². The van der Waals surface area contributed by atoms with Gasteiger partial charge in [0.2, 0.25) is 0 Å². The van der Waals surface area contributed by atoms with Crippen LogP contribution in [0.1, 0.15) is 32.1 Å². The Labute approximate surface area is 72.3 Å². The third kappa shape index (κ3) is 2.06. The van der Waals surface area contributed by atoms with Crippen molar-refractivity contribution >= 4 is 12.2 Å². The van der Waals surface area contributed by atoms with Crippen molar-refractivity contribution in [2.75, 3.05) is 0 Å². The van der Waals surface area contributed by atoms with E-state index in [4.69, 9.17) is 10.5 Å². The van der Waals surface area contributed by atoms with E-state index in [1.165, 1.54) is 6.42 Å². The van der Waals surface area contributed by atoms with Gasteiger partial charge >= 0.3 is 5.97 Å². The summed E-state index contributed by atoms with van der Waals surface area (Å²) in [4.78, 5) is 10.7. The first-order valence-corrected chi connectivity index (χ1v) is 4.49. The normalized spacial score (nSPS) is 21.7. The van der Waals surface area contributed by atoms with Gasteiger partial charge in [-0.3, -0.25) is 4.79 Å². The van der Waals surface area contributed by atoms with Gasteiger partial charge in [-0.1, -0.05) is 19.3 Å². The number of hydrogen-bond donors (Lipinski definition) is 2. The molecule has 0 heterocycles. The van der Waals surface area contributed by atoms with Gasteiger partial charge in [0.25, 0.3) is 0 Å². The Morgan fingerprint density at radius 3 is 2.42 bits per heavy atom. The summed E-state index contributed by atoms with van der Waals surface area (Å²) in [5.41, 5.74) is 0. The molecule has 0 saturated heterocycles. The summed E-state index contributed by atoms with van der Waals surface area (Å²) in [6.45, 7) is 0. The largest absolute Gasteiger partial charge is 0.481 e. The molecule has 0 aromatic rings. The lowest BCUT2D eigenvalue weighted by atomic mass is 9.80. The summed E-state index contributed by atoms with van der Waals surface area (Å²) in [6.07, 6.45) is 6.52. The van der Waals surface area contributed by atoms with E-state index in [2.05, 4.69) is 0 Å². The van der Waals surface area contributed by atoms with E-state index in [9.17, 15) is 4.79 Å². The number of rotatable bonds is 3. The van der Waals surface area contributed by atoms with Crippen LogP contribution in [0.2, 0.25) is 0 Å². The number of hydrogen-bond acceptors (Lipinski definition) is 2. The zero-order chi connectivity index (χ0) is 8.97. The fourth-order valence-electron chi connectivity index (χ4n) is 1.90. The van der Waals surface area contributed by atoms with Crippen LogP contribution in [-0.4, -0.2) is 17.3 Å². The molecule has 3 heteroatoms. The molecule has 1 aliphatic rings. The molecule has 2 N–H and O–H groups in total. The molecule has 0 amide bonds. The lowest BCUT2D eigenvalue weighted by Crippen LogP contribution is -2.26. The minimum absolute atomic E-state index is 0.216. The van der Waals surface area contributed by atoms with Gasteiger partial charge in [-0.05, 0) is 18.8 Å². The van der Waals surface area contributed by atoms with Gasteiger partial charge in [-0.2, -0.15) is 0 Å². The summed E-state index contributed by atoms with van der Waals surface area (Å²) in [6, 6.07) is 0. The Bertz CT molecular complexity index is 173. The standard InChI is InChI=1S/C9H15NO2/c10-6-8(9(11)12)7-4-2-1-3-5-7/h6-8,10H,1-5H2,(H,11,12). The van der Waals surface area contributed by atoms with Gasteiger partial charge in [0.15, 0.2) is 0 Å². The van der Waals surface area contributed by atoms with Crippen LogP contribution in [0.15, 0.2) is 0 Å². The number of nitrogens with one attached hydrogen (secondary N) is 1. The minimum Gasteiger partial charge on any atom is -0.481 e. The quantitative estimate of drug-likeness (QED) is 0.634. The van der Waals surface area contributed by atoms with Crippen molar-refractivity contribution in [1.82, 2.24) is 0 Å². The zero-order valence-corrected chi connectivity index (χ0v) is 7.12. The predicted octanol–water partition coefficient (Wildman–Crippen LogP) is 1.92. The van der Waals surface area contributed by atoms with Gasteiger partial charge in [-0.15, -0.1) is 0 Å². The third-order valence-electron chi connectivity index (χ3n) is 2.62. The van der Waals surface area contributed by atoms with E-state index in [0.29, 0.717) is 0 Å². The first kappa shape index (κ1) is 9.23. The van der Waals surface area contributed by atoms with Crippen LogP contribution in [0.5, 0.6) is 0 Å². The average molecular weight is 169 g/mol. The van der Waals surface area contributed by atoms with Crippen molar-refractivity contribution in [3.05, 3.63) is 0 Å².